The Bertz CT molecular complexity index is 185. The van der Waals surface area contributed by atoms with Gasteiger partial charge in [0.1, 0.15) is 0 Å². The van der Waals surface area contributed by atoms with Crippen LogP contribution in [0, 0.1) is 0 Å². The lowest BCUT2D eigenvalue weighted by Gasteiger charge is -2.15. The number of hydrogen-bond acceptors (Lipinski definition) is 4. The van der Waals surface area contributed by atoms with Crippen LogP contribution >= 0.6 is 0 Å². The van der Waals surface area contributed by atoms with E-state index in [-0.39, 0.29) is 6.61 Å². The van der Waals surface area contributed by atoms with Crippen LogP contribution < -0.4 is 0 Å². The molecular weight excluding hydrogens is 168 g/mol. The van der Waals surface area contributed by atoms with Crippen LogP contribution in [-0.2, 0) is 14.9 Å². The van der Waals surface area contributed by atoms with Crippen molar-refractivity contribution in [3.63, 3.8) is 0 Å². The topological polar surface area (TPSA) is 66.4 Å². The molecule has 0 saturated heterocycles. The predicted octanol–water partition coefficient (Wildman–Crippen LogP) is 0.347. The SMILES string of the molecule is CCCOCC(C)S(=O)(=O)[O-]. The van der Waals surface area contributed by atoms with Gasteiger partial charge in [-0.1, -0.05) is 6.92 Å². The van der Waals surface area contributed by atoms with Crippen LogP contribution in [0.5, 0.6) is 0 Å². The first-order valence-corrected chi connectivity index (χ1v) is 4.98. The lowest BCUT2D eigenvalue weighted by Crippen LogP contribution is -2.22. The molecule has 0 aliphatic rings. The number of ether oxygens (including phenoxy) is 1. The molecule has 0 bridgehead atoms. The second-order valence-corrected chi connectivity index (χ2v) is 4.17. The number of rotatable bonds is 5. The molecule has 0 aliphatic carbocycles. The lowest BCUT2D eigenvalue weighted by molar-refractivity contribution is 0.135. The molecule has 0 spiro atoms. The van der Waals surface area contributed by atoms with Crippen LogP contribution in [0.2, 0.25) is 0 Å². The van der Waals surface area contributed by atoms with E-state index in [9.17, 15) is 13.0 Å². The van der Waals surface area contributed by atoms with Gasteiger partial charge in [-0.05, 0) is 13.3 Å². The third-order valence-electron chi connectivity index (χ3n) is 1.19. The summed E-state index contributed by atoms with van der Waals surface area (Å²) >= 11 is 0. The van der Waals surface area contributed by atoms with Gasteiger partial charge in [0.15, 0.2) is 0 Å². The average Bonchev–Trinajstić information content (AvgIpc) is 1.86. The summed E-state index contributed by atoms with van der Waals surface area (Å²) in [7, 11) is -4.16. The second kappa shape index (κ2) is 4.69. The maximum atomic E-state index is 10.3. The van der Waals surface area contributed by atoms with Crippen molar-refractivity contribution in [1.82, 2.24) is 0 Å². The highest BCUT2D eigenvalue weighted by atomic mass is 32.2. The minimum absolute atomic E-state index is 0.000324. The molecule has 11 heavy (non-hydrogen) atoms. The van der Waals surface area contributed by atoms with Crippen molar-refractivity contribution < 1.29 is 17.7 Å². The largest absolute Gasteiger partial charge is 0.748 e. The van der Waals surface area contributed by atoms with E-state index in [2.05, 4.69) is 0 Å². The van der Waals surface area contributed by atoms with Gasteiger partial charge in [0.2, 0.25) is 0 Å². The lowest BCUT2D eigenvalue weighted by atomic mass is 10.5. The molecule has 0 aromatic carbocycles. The molecule has 1 atom stereocenters. The van der Waals surface area contributed by atoms with Crippen molar-refractivity contribution in [2.75, 3.05) is 13.2 Å². The van der Waals surface area contributed by atoms with Crippen molar-refractivity contribution in [3.8, 4) is 0 Å². The first kappa shape index (κ1) is 10.9. The van der Waals surface area contributed by atoms with E-state index in [0.29, 0.717) is 6.61 Å². The summed E-state index contributed by atoms with van der Waals surface area (Å²) in [6, 6.07) is 0. The summed E-state index contributed by atoms with van der Waals surface area (Å²) in [5.41, 5.74) is 0. The monoisotopic (exact) mass is 181 g/mol. The second-order valence-electron chi connectivity index (χ2n) is 2.38. The third kappa shape index (κ3) is 5.17. The molecule has 4 nitrogen and oxygen atoms in total. The fourth-order valence-electron chi connectivity index (χ4n) is 0.477. The highest BCUT2D eigenvalue weighted by Gasteiger charge is 2.08. The smallest absolute Gasteiger partial charge is 0.0995 e. The molecule has 68 valence electrons. The Balaban J connectivity index is 3.62. The van der Waals surface area contributed by atoms with Gasteiger partial charge in [-0.15, -0.1) is 0 Å². The van der Waals surface area contributed by atoms with Crippen LogP contribution in [0.15, 0.2) is 0 Å². The van der Waals surface area contributed by atoms with Crippen molar-refractivity contribution in [3.05, 3.63) is 0 Å². The molecule has 0 aromatic heterocycles. The summed E-state index contributed by atoms with van der Waals surface area (Å²) in [6.45, 7) is 3.76. The molecule has 0 N–H and O–H groups in total. The van der Waals surface area contributed by atoms with Crippen molar-refractivity contribution in [2.45, 2.75) is 25.5 Å². The zero-order valence-electron chi connectivity index (χ0n) is 6.74. The average molecular weight is 181 g/mol. The van der Waals surface area contributed by atoms with Gasteiger partial charge in [0, 0.05) is 6.61 Å². The van der Waals surface area contributed by atoms with Gasteiger partial charge >= 0.3 is 0 Å². The summed E-state index contributed by atoms with van der Waals surface area (Å²) in [6.07, 6.45) is 0.825. The first-order valence-electron chi connectivity index (χ1n) is 3.51. The molecule has 0 aromatic rings. The van der Waals surface area contributed by atoms with Crippen molar-refractivity contribution >= 4 is 10.1 Å². The van der Waals surface area contributed by atoms with Crippen LogP contribution in [-0.4, -0.2) is 31.4 Å². The Morgan fingerprint density at radius 2 is 2.09 bits per heavy atom. The maximum absolute atomic E-state index is 10.3. The molecule has 0 rings (SSSR count). The highest BCUT2D eigenvalue weighted by molar-refractivity contribution is 7.86. The maximum Gasteiger partial charge on any atom is 0.0995 e. The van der Waals surface area contributed by atoms with Gasteiger partial charge in [0.05, 0.1) is 22.0 Å². The molecule has 5 heteroatoms. The highest BCUT2D eigenvalue weighted by Crippen LogP contribution is 1.97. The van der Waals surface area contributed by atoms with Gasteiger partial charge in [-0.2, -0.15) is 0 Å². The molecule has 0 aliphatic heterocycles. The quantitative estimate of drug-likeness (QED) is 0.453. The van der Waals surface area contributed by atoms with Crippen LogP contribution in [0.25, 0.3) is 0 Å². The minimum atomic E-state index is -4.16. The fraction of sp³-hybridized carbons (Fsp3) is 1.00. The van der Waals surface area contributed by atoms with Crippen molar-refractivity contribution in [1.29, 1.82) is 0 Å². The summed E-state index contributed by atoms with van der Waals surface area (Å²) in [5.74, 6) is 0. The van der Waals surface area contributed by atoms with Crippen molar-refractivity contribution in [2.24, 2.45) is 0 Å². The van der Waals surface area contributed by atoms with Gasteiger partial charge in [-0.25, -0.2) is 8.42 Å². The fourth-order valence-corrected chi connectivity index (χ4v) is 0.740. The number of hydrogen-bond donors (Lipinski definition) is 0. The molecule has 0 heterocycles. The van der Waals surface area contributed by atoms with E-state index in [4.69, 9.17) is 4.74 Å². The zero-order chi connectivity index (χ0) is 8.91. The Morgan fingerprint density at radius 1 is 1.55 bits per heavy atom. The Morgan fingerprint density at radius 3 is 2.45 bits per heavy atom. The van der Waals surface area contributed by atoms with Crippen LogP contribution in [0.1, 0.15) is 20.3 Å². The minimum Gasteiger partial charge on any atom is -0.748 e. The molecule has 0 saturated carbocycles. The van der Waals surface area contributed by atoms with Crippen LogP contribution in [0.3, 0.4) is 0 Å². The zero-order valence-corrected chi connectivity index (χ0v) is 7.56. The predicted molar refractivity (Wildman–Crippen MR) is 40.3 cm³/mol. The molecule has 1 unspecified atom stereocenters. The summed E-state index contributed by atoms with van der Waals surface area (Å²) in [4.78, 5) is 0. The first-order chi connectivity index (χ1) is 4.98. The molecule has 0 radical (unpaired) electrons. The Kier molecular flexibility index (Phi) is 4.63. The van der Waals surface area contributed by atoms with E-state index in [1.807, 2.05) is 6.92 Å². The molecule has 0 amide bonds. The summed E-state index contributed by atoms with van der Waals surface area (Å²) < 4.78 is 35.8. The Labute approximate surface area is 67.3 Å². The molecular formula is C6H13O4S-. The third-order valence-corrected chi connectivity index (χ3v) is 2.32. The standard InChI is InChI=1S/C6H14O4S/c1-3-4-10-5-6(2)11(7,8)9/h6H,3-5H2,1-2H3,(H,7,8,9)/p-1. The Hall–Kier alpha value is -0.130. The normalized spacial score (nSPS) is 14.8. The van der Waals surface area contributed by atoms with E-state index in [1.165, 1.54) is 6.92 Å². The van der Waals surface area contributed by atoms with Gasteiger partial charge in [-0.3, -0.25) is 0 Å². The van der Waals surface area contributed by atoms with E-state index >= 15 is 0 Å². The van der Waals surface area contributed by atoms with Gasteiger partial charge < -0.3 is 9.29 Å². The van der Waals surface area contributed by atoms with Gasteiger partial charge in [0.25, 0.3) is 0 Å². The van der Waals surface area contributed by atoms with E-state index in [1.54, 1.807) is 0 Å². The van der Waals surface area contributed by atoms with E-state index < -0.39 is 15.4 Å². The van der Waals surface area contributed by atoms with E-state index in [0.717, 1.165) is 6.42 Å². The molecule has 0 fully saturated rings. The van der Waals surface area contributed by atoms with Crippen LogP contribution in [0.4, 0.5) is 0 Å². The summed E-state index contributed by atoms with van der Waals surface area (Å²) in [5, 5.41) is -0.936.